The molecule has 118 valence electrons. The lowest BCUT2D eigenvalue weighted by Crippen LogP contribution is -2.12. The lowest BCUT2D eigenvalue weighted by atomic mass is 9.83. The van der Waals surface area contributed by atoms with Crippen LogP contribution in [0.1, 0.15) is 40.3 Å². The summed E-state index contributed by atoms with van der Waals surface area (Å²) in [5, 5.41) is 13.0. The van der Waals surface area contributed by atoms with Gasteiger partial charge in [0.2, 0.25) is 5.91 Å². The number of hydrogen-bond donors (Lipinski definition) is 1. The van der Waals surface area contributed by atoms with E-state index in [1.165, 1.54) is 10.4 Å². The van der Waals surface area contributed by atoms with Crippen LogP contribution in [0.15, 0.2) is 30.3 Å². The Bertz CT molecular complexity index is 748. The van der Waals surface area contributed by atoms with Crippen LogP contribution in [0, 0.1) is 11.3 Å². The first kappa shape index (κ1) is 16.0. The maximum absolute atomic E-state index is 11.8. The molecule has 1 atom stereocenters. The lowest BCUT2D eigenvalue weighted by Gasteiger charge is -2.22. The minimum Gasteiger partial charge on any atom is -0.317 e. The summed E-state index contributed by atoms with van der Waals surface area (Å²) < 4.78 is 0. The third-order valence-corrected chi connectivity index (χ3v) is 5.58. The molecule has 3 rings (SSSR count). The molecule has 2 aromatic rings. The SMILES string of the molecule is N#Cc1c(NC(=O)CCCl)sc2c1CCC(c1ccccc1)C2. The van der Waals surface area contributed by atoms with Crippen molar-refractivity contribution in [3.8, 4) is 6.07 Å². The third-order valence-electron chi connectivity index (χ3n) is 4.22. The highest BCUT2D eigenvalue weighted by molar-refractivity contribution is 7.16. The minimum atomic E-state index is -0.130. The molecule has 5 heteroatoms. The van der Waals surface area contributed by atoms with E-state index in [0.29, 0.717) is 16.5 Å². The van der Waals surface area contributed by atoms with Crippen molar-refractivity contribution in [1.82, 2.24) is 0 Å². The van der Waals surface area contributed by atoms with Gasteiger partial charge in [-0.25, -0.2) is 0 Å². The van der Waals surface area contributed by atoms with E-state index in [1.807, 2.05) is 6.07 Å². The van der Waals surface area contributed by atoms with Crippen molar-refractivity contribution in [2.75, 3.05) is 11.2 Å². The fraction of sp³-hybridized carbons (Fsp3) is 0.333. The Kier molecular flexibility index (Phi) is 5.00. The van der Waals surface area contributed by atoms with Crippen molar-refractivity contribution in [3.05, 3.63) is 51.9 Å². The number of thiophene rings is 1. The molecule has 1 heterocycles. The van der Waals surface area contributed by atoms with E-state index in [9.17, 15) is 10.1 Å². The van der Waals surface area contributed by atoms with Crippen LogP contribution in [0.2, 0.25) is 0 Å². The van der Waals surface area contributed by atoms with Gasteiger partial charge in [0.1, 0.15) is 11.1 Å². The molecule has 0 fully saturated rings. The fourth-order valence-electron chi connectivity index (χ4n) is 3.08. The molecule has 0 radical (unpaired) electrons. The van der Waals surface area contributed by atoms with Crippen molar-refractivity contribution >= 4 is 33.8 Å². The molecular weight excluding hydrogens is 328 g/mol. The number of benzene rings is 1. The molecule has 1 aliphatic carbocycles. The highest BCUT2D eigenvalue weighted by Gasteiger charge is 2.27. The Labute approximate surface area is 144 Å². The highest BCUT2D eigenvalue weighted by Crippen LogP contribution is 2.42. The smallest absolute Gasteiger partial charge is 0.226 e. The van der Waals surface area contributed by atoms with Crippen molar-refractivity contribution in [3.63, 3.8) is 0 Å². The van der Waals surface area contributed by atoms with Crippen molar-refractivity contribution in [2.24, 2.45) is 0 Å². The lowest BCUT2D eigenvalue weighted by molar-refractivity contribution is -0.115. The van der Waals surface area contributed by atoms with Gasteiger partial charge in [-0.3, -0.25) is 4.79 Å². The standard InChI is InChI=1S/C18H17ClN2OS/c19-9-8-17(22)21-18-15(11-20)14-7-6-13(10-16(14)23-18)12-4-2-1-3-5-12/h1-5,13H,6-10H2,(H,21,22). The van der Waals surface area contributed by atoms with Gasteiger partial charge in [-0.1, -0.05) is 30.3 Å². The molecule has 1 aliphatic rings. The molecule has 0 bridgehead atoms. The maximum Gasteiger partial charge on any atom is 0.226 e. The number of anilines is 1. The molecule has 23 heavy (non-hydrogen) atoms. The minimum absolute atomic E-state index is 0.130. The van der Waals surface area contributed by atoms with Gasteiger partial charge in [0.05, 0.1) is 5.56 Å². The molecule has 1 unspecified atom stereocenters. The number of hydrogen-bond acceptors (Lipinski definition) is 3. The molecule has 0 saturated heterocycles. The second kappa shape index (κ2) is 7.16. The van der Waals surface area contributed by atoms with Crippen LogP contribution in [-0.2, 0) is 17.6 Å². The van der Waals surface area contributed by atoms with E-state index < -0.39 is 0 Å². The number of nitriles is 1. The zero-order valence-electron chi connectivity index (χ0n) is 12.6. The Morgan fingerprint density at radius 2 is 2.17 bits per heavy atom. The molecule has 0 saturated carbocycles. The van der Waals surface area contributed by atoms with Gasteiger partial charge < -0.3 is 5.32 Å². The summed E-state index contributed by atoms with van der Waals surface area (Å²) in [6.45, 7) is 0. The first-order valence-electron chi connectivity index (χ1n) is 7.68. The Balaban J connectivity index is 1.85. The fourth-order valence-corrected chi connectivity index (χ4v) is 4.54. The van der Waals surface area contributed by atoms with Gasteiger partial charge in [-0.2, -0.15) is 5.26 Å². The van der Waals surface area contributed by atoms with E-state index >= 15 is 0 Å². The summed E-state index contributed by atoms with van der Waals surface area (Å²) in [6, 6.07) is 12.8. The molecule has 0 spiro atoms. The van der Waals surface area contributed by atoms with Gasteiger partial charge in [0.15, 0.2) is 0 Å². The first-order valence-corrected chi connectivity index (χ1v) is 9.03. The molecule has 1 aromatic heterocycles. The predicted molar refractivity (Wildman–Crippen MR) is 94.2 cm³/mol. The summed E-state index contributed by atoms with van der Waals surface area (Å²) in [5.74, 6) is 0.643. The van der Waals surface area contributed by atoms with Crippen LogP contribution in [0.3, 0.4) is 0 Å². The molecule has 0 aliphatic heterocycles. The molecular formula is C18H17ClN2OS. The van der Waals surface area contributed by atoms with Gasteiger partial charge in [0.25, 0.3) is 0 Å². The average Bonchev–Trinajstić information content (AvgIpc) is 2.91. The van der Waals surface area contributed by atoms with E-state index in [4.69, 9.17) is 11.6 Å². The number of carbonyl (C=O) groups is 1. The molecule has 1 aromatic carbocycles. The number of nitrogens with one attached hydrogen (secondary N) is 1. The van der Waals surface area contributed by atoms with Crippen LogP contribution in [0.5, 0.6) is 0 Å². The van der Waals surface area contributed by atoms with E-state index in [1.54, 1.807) is 11.3 Å². The monoisotopic (exact) mass is 344 g/mol. The van der Waals surface area contributed by atoms with Gasteiger partial charge in [0, 0.05) is 17.2 Å². The summed E-state index contributed by atoms with van der Waals surface area (Å²) >= 11 is 7.14. The van der Waals surface area contributed by atoms with Crippen molar-refractivity contribution < 1.29 is 4.79 Å². The predicted octanol–water partition coefficient (Wildman–Crippen LogP) is 4.46. The normalized spacial score (nSPS) is 16.4. The summed E-state index contributed by atoms with van der Waals surface area (Å²) in [6.07, 6.45) is 3.13. The molecule has 1 N–H and O–H groups in total. The summed E-state index contributed by atoms with van der Waals surface area (Å²) in [7, 11) is 0. The topological polar surface area (TPSA) is 52.9 Å². The Hall–Kier alpha value is -1.83. The number of fused-ring (bicyclic) bond motifs is 1. The van der Waals surface area contributed by atoms with Gasteiger partial charge >= 0.3 is 0 Å². The number of halogens is 1. The summed E-state index contributed by atoms with van der Waals surface area (Å²) in [5.41, 5.74) is 3.10. The van der Waals surface area contributed by atoms with E-state index in [-0.39, 0.29) is 18.2 Å². The zero-order chi connectivity index (χ0) is 16.2. The van der Waals surface area contributed by atoms with Gasteiger partial charge in [-0.05, 0) is 36.3 Å². The van der Waals surface area contributed by atoms with Crippen LogP contribution in [0.25, 0.3) is 0 Å². The number of carbonyl (C=O) groups excluding carboxylic acids is 1. The quantitative estimate of drug-likeness (QED) is 0.832. The molecule has 3 nitrogen and oxygen atoms in total. The first-order chi connectivity index (χ1) is 11.2. The average molecular weight is 345 g/mol. The second-order valence-electron chi connectivity index (χ2n) is 5.66. The van der Waals surface area contributed by atoms with Crippen molar-refractivity contribution in [1.29, 1.82) is 5.26 Å². The van der Waals surface area contributed by atoms with Crippen LogP contribution < -0.4 is 5.32 Å². The van der Waals surface area contributed by atoms with Crippen molar-refractivity contribution in [2.45, 2.75) is 31.6 Å². The Morgan fingerprint density at radius 3 is 2.87 bits per heavy atom. The van der Waals surface area contributed by atoms with E-state index in [2.05, 4.69) is 35.7 Å². The molecule has 1 amide bonds. The zero-order valence-corrected chi connectivity index (χ0v) is 14.2. The maximum atomic E-state index is 11.8. The van der Waals surface area contributed by atoms with Gasteiger partial charge in [-0.15, -0.1) is 22.9 Å². The van der Waals surface area contributed by atoms with E-state index in [0.717, 1.165) is 24.8 Å². The van der Waals surface area contributed by atoms with Crippen LogP contribution in [0.4, 0.5) is 5.00 Å². The third kappa shape index (κ3) is 3.41. The number of rotatable bonds is 4. The number of amides is 1. The Morgan fingerprint density at radius 1 is 1.39 bits per heavy atom. The van der Waals surface area contributed by atoms with Crippen LogP contribution >= 0.6 is 22.9 Å². The largest absolute Gasteiger partial charge is 0.317 e. The highest BCUT2D eigenvalue weighted by atomic mass is 35.5. The number of alkyl halides is 1. The number of nitrogens with zero attached hydrogens (tertiary/aromatic N) is 1. The summed E-state index contributed by atoms with van der Waals surface area (Å²) in [4.78, 5) is 13.0. The van der Waals surface area contributed by atoms with Crippen LogP contribution in [-0.4, -0.2) is 11.8 Å². The second-order valence-corrected chi connectivity index (χ2v) is 7.14.